The van der Waals surface area contributed by atoms with Gasteiger partial charge in [-0.05, 0) is 19.1 Å². The standard InChI is InChI=1S/C10H12N4S/c1-8-3-2-4-9(11-8)7-14-6-5-10(12-14)13-15/h2-6,15H,7H2,1H3,(H,12,13). The van der Waals surface area contributed by atoms with Crippen molar-refractivity contribution in [2.75, 3.05) is 4.72 Å². The Bertz CT molecular complexity index is 452. The summed E-state index contributed by atoms with van der Waals surface area (Å²) in [6, 6.07) is 7.83. The fraction of sp³-hybridized carbons (Fsp3) is 0.200. The molecule has 0 amide bonds. The zero-order valence-electron chi connectivity index (χ0n) is 8.38. The summed E-state index contributed by atoms with van der Waals surface area (Å²) >= 11 is 3.92. The molecule has 2 heterocycles. The van der Waals surface area contributed by atoms with Crippen molar-refractivity contribution in [3.8, 4) is 0 Å². The molecule has 0 spiro atoms. The molecule has 0 atom stereocenters. The molecule has 0 unspecified atom stereocenters. The van der Waals surface area contributed by atoms with Gasteiger partial charge < -0.3 is 4.72 Å². The lowest BCUT2D eigenvalue weighted by Crippen LogP contribution is -2.03. The van der Waals surface area contributed by atoms with Crippen molar-refractivity contribution in [3.05, 3.63) is 41.9 Å². The Balaban J connectivity index is 2.14. The molecule has 0 saturated carbocycles. The van der Waals surface area contributed by atoms with Crippen molar-refractivity contribution in [1.82, 2.24) is 14.8 Å². The monoisotopic (exact) mass is 220 g/mol. The molecule has 0 radical (unpaired) electrons. The third-order valence-corrected chi connectivity index (χ3v) is 2.25. The maximum Gasteiger partial charge on any atom is 0.157 e. The molecule has 0 aliphatic carbocycles. The molecule has 15 heavy (non-hydrogen) atoms. The lowest BCUT2D eigenvalue weighted by molar-refractivity contribution is 0.674. The Kier molecular flexibility index (Phi) is 2.91. The minimum atomic E-state index is 0.678. The van der Waals surface area contributed by atoms with E-state index in [2.05, 4.69) is 27.6 Å². The molecule has 1 N–H and O–H groups in total. The minimum absolute atomic E-state index is 0.678. The first kappa shape index (κ1) is 10.0. The van der Waals surface area contributed by atoms with Crippen LogP contribution < -0.4 is 4.72 Å². The molecule has 2 aromatic heterocycles. The SMILES string of the molecule is Cc1cccc(Cn2ccc(NS)n2)n1. The predicted molar refractivity (Wildman–Crippen MR) is 62.9 cm³/mol. The van der Waals surface area contributed by atoms with Crippen molar-refractivity contribution in [1.29, 1.82) is 0 Å². The van der Waals surface area contributed by atoms with Gasteiger partial charge in [0.25, 0.3) is 0 Å². The van der Waals surface area contributed by atoms with Crippen LogP contribution in [0.5, 0.6) is 0 Å². The van der Waals surface area contributed by atoms with E-state index in [1.54, 1.807) is 0 Å². The highest BCUT2D eigenvalue weighted by atomic mass is 32.1. The quantitative estimate of drug-likeness (QED) is 0.776. The zero-order valence-corrected chi connectivity index (χ0v) is 9.28. The Hall–Kier alpha value is -1.49. The Morgan fingerprint density at radius 3 is 2.93 bits per heavy atom. The number of hydrogen-bond acceptors (Lipinski definition) is 4. The number of nitrogens with zero attached hydrogens (tertiary/aromatic N) is 3. The number of thiol groups is 1. The normalized spacial score (nSPS) is 10.3. The second-order valence-corrected chi connectivity index (χ2v) is 3.50. The van der Waals surface area contributed by atoms with Crippen molar-refractivity contribution >= 4 is 18.6 Å². The highest BCUT2D eigenvalue weighted by Gasteiger charge is 1.99. The summed E-state index contributed by atoms with van der Waals surface area (Å²) in [5, 5.41) is 4.24. The molecular weight excluding hydrogens is 208 g/mol. The maximum absolute atomic E-state index is 4.40. The van der Waals surface area contributed by atoms with E-state index in [4.69, 9.17) is 0 Å². The lowest BCUT2D eigenvalue weighted by atomic mass is 10.3. The van der Waals surface area contributed by atoms with Gasteiger partial charge in [0.2, 0.25) is 0 Å². The van der Waals surface area contributed by atoms with Crippen molar-refractivity contribution < 1.29 is 0 Å². The highest BCUT2D eigenvalue weighted by Crippen LogP contribution is 2.05. The third kappa shape index (κ3) is 2.50. The average molecular weight is 220 g/mol. The first-order valence-corrected chi connectivity index (χ1v) is 5.09. The van der Waals surface area contributed by atoms with Crippen LogP contribution in [-0.4, -0.2) is 14.8 Å². The molecule has 78 valence electrons. The van der Waals surface area contributed by atoms with E-state index in [1.807, 2.05) is 42.1 Å². The first-order valence-electron chi connectivity index (χ1n) is 4.64. The number of aryl methyl sites for hydroxylation is 1. The van der Waals surface area contributed by atoms with Gasteiger partial charge in [-0.3, -0.25) is 9.67 Å². The van der Waals surface area contributed by atoms with Crippen LogP contribution in [0.25, 0.3) is 0 Å². The van der Waals surface area contributed by atoms with E-state index in [0.29, 0.717) is 6.54 Å². The summed E-state index contributed by atoms with van der Waals surface area (Å²) in [6.07, 6.45) is 1.89. The molecule has 0 saturated heterocycles. The smallest absolute Gasteiger partial charge is 0.157 e. The molecule has 0 bridgehead atoms. The van der Waals surface area contributed by atoms with Crippen molar-refractivity contribution in [2.45, 2.75) is 13.5 Å². The molecule has 0 aromatic carbocycles. The number of hydrogen-bond donors (Lipinski definition) is 2. The number of nitrogens with one attached hydrogen (secondary N) is 1. The molecule has 0 fully saturated rings. The molecule has 2 aromatic rings. The largest absolute Gasteiger partial charge is 0.316 e. The van der Waals surface area contributed by atoms with E-state index < -0.39 is 0 Å². The van der Waals surface area contributed by atoms with E-state index in [-0.39, 0.29) is 0 Å². The van der Waals surface area contributed by atoms with Gasteiger partial charge in [-0.15, -0.1) is 0 Å². The number of rotatable bonds is 3. The van der Waals surface area contributed by atoms with Crippen LogP contribution in [0.15, 0.2) is 30.5 Å². The maximum atomic E-state index is 4.40. The van der Waals surface area contributed by atoms with Crippen LogP contribution in [0.3, 0.4) is 0 Å². The summed E-state index contributed by atoms with van der Waals surface area (Å²) < 4.78 is 4.51. The van der Waals surface area contributed by atoms with Gasteiger partial charge in [0.15, 0.2) is 5.82 Å². The number of pyridine rings is 1. The molecule has 0 aliphatic rings. The summed E-state index contributed by atoms with van der Waals surface area (Å²) in [6.45, 7) is 2.66. The molecule has 2 rings (SSSR count). The van der Waals surface area contributed by atoms with E-state index >= 15 is 0 Å². The third-order valence-electron chi connectivity index (χ3n) is 2.03. The molecule has 0 aliphatic heterocycles. The first-order chi connectivity index (χ1) is 7.28. The lowest BCUT2D eigenvalue weighted by Gasteiger charge is -2.01. The van der Waals surface area contributed by atoms with Gasteiger partial charge in [0.1, 0.15) is 0 Å². The van der Waals surface area contributed by atoms with Crippen LogP contribution in [0.2, 0.25) is 0 Å². The van der Waals surface area contributed by atoms with Crippen LogP contribution in [0, 0.1) is 6.92 Å². The number of anilines is 1. The van der Waals surface area contributed by atoms with Gasteiger partial charge in [-0.1, -0.05) is 18.9 Å². The van der Waals surface area contributed by atoms with Crippen molar-refractivity contribution in [2.24, 2.45) is 0 Å². The van der Waals surface area contributed by atoms with Gasteiger partial charge in [-0.25, -0.2) is 0 Å². The molecular formula is C10H12N4S. The zero-order chi connectivity index (χ0) is 10.7. The summed E-state index contributed by atoms with van der Waals surface area (Å²) in [7, 11) is 0. The fourth-order valence-corrected chi connectivity index (χ4v) is 1.48. The molecule has 4 nitrogen and oxygen atoms in total. The number of aromatic nitrogens is 3. The predicted octanol–water partition coefficient (Wildman–Crippen LogP) is 1.89. The van der Waals surface area contributed by atoms with Crippen molar-refractivity contribution in [3.63, 3.8) is 0 Å². The van der Waals surface area contributed by atoms with Crippen LogP contribution in [0.4, 0.5) is 5.82 Å². The van der Waals surface area contributed by atoms with Gasteiger partial charge in [0.05, 0.1) is 12.2 Å². The average Bonchev–Trinajstić information content (AvgIpc) is 2.65. The molecule has 5 heteroatoms. The summed E-state index contributed by atoms with van der Waals surface area (Å²) in [4.78, 5) is 4.40. The van der Waals surface area contributed by atoms with E-state index in [1.165, 1.54) is 0 Å². The summed E-state index contributed by atoms with van der Waals surface area (Å²) in [5.41, 5.74) is 2.02. The van der Waals surface area contributed by atoms with Crippen LogP contribution in [-0.2, 0) is 6.54 Å². The second kappa shape index (κ2) is 4.35. The Labute approximate surface area is 93.9 Å². The fourth-order valence-electron chi connectivity index (χ4n) is 1.36. The Morgan fingerprint density at radius 2 is 2.27 bits per heavy atom. The van der Waals surface area contributed by atoms with Crippen LogP contribution >= 0.6 is 12.8 Å². The minimum Gasteiger partial charge on any atom is -0.316 e. The van der Waals surface area contributed by atoms with Crippen LogP contribution in [0.1, 0.15) is 11.4 Å². The topological polar surface area (TPSA) is 42.7 Å². The van der Waals surface area contributed by atoms with Gasteiger partial charge in [0, 0.05) is 18.0 Å². The van der Waals surface area contributed by atoms with E-state index in [9.17, 15) is 0 Å². The van der Waals surface area contributed by atoms with Gasteiger partial charge in [-0.2, -0.15) is 5.10 Å². The Morgan fingerprint density at radius 1 is 1.40 bits per heavy atom. The van der Waals surface area contributed by atoms with E-state index in [0.717, 1.165) is 17.2 Å². The second-order valence-electron chi connectivity index (χ2n) is 3.28. The summed E-state index contributed by atoms with van der Waals surface area (Å²) in [5.74, 6) is 0.742. The highest BCUT2D eigenvalue weighted by molar-refractivity contribution is 7.81. The van der Waals surface area contributed by atoms with Gasteiger partial charge >= 0.3 is 0 Å².